The van der Waals surface area contributed by atoms with Crippen molar-refractivity contribution in [3.05, 3.63) is 59.6 Å². The van der Waals surface area contributed by atoms with Crippen LogP contribution < -0.4 is 11.3 Å². The van der Waals surface area contributed by atoms with Crippen LogP contribution in [-0.4, -0.2) is 20.6 Å². The average molecular weight is 302 g/mol. The topological polar surface area (TPSA) is 68.8 Å². The maximum Gasteiger partial charge on any atom is 0.0958 e. The molecule has 3 N–H and O–H groups in total. The van der Waals surface area contributed by atoms with Gasteiger partial charge < -0.3 is 4.57 Å². The molecule has 2 heterocycles. The summed E-state index contributed by atoms with van der Waals surface area (Å²) in [7, 11) is 0. The Balaban J connectivity index is 1.80. The molecule has 1 aromatic carbocycles. The molecule has 108 valence electrons. The Morgan fingerprint density at radius 3 is 2.95 bits per heavy atom. The highest BCUT2D eigenvalue weighted by Crippen LogP contribution is 2.17. The van der Waals surface area contributed by atoms with Gasteiger partial charge in [-0.25, -0.2) is 4.98 Å². The predicted octanol–water partition coefficient (Wildman–Crippen LogP) is 2.16. The lowest BCUT2D eigenvalue weighted by Crippen LogP contribution is -2.40. The molecule has 0 fully saturated rings. The second kappa shape index (κ2) is 6.22. The van der Waals surface area contributed by atoms with E-state index in [2.05, 4.69) is 26.0 Å². The summed E-state index contributed by atoms with van der Waals surface area (Å²) < 4.78 is 2.09. The van der Waals surface area contributed by atoms with E-state index in [0.29, 0.717) is 5.02 Å². The van der Waals surface area contributed by atoms with Gasteiger partial charge in [0, 0.05) is 25.0 Å². The molecule has 1 atom stereocenters. The van der Waals surface area contributed by atoms with Gasteiger partial charge in [0.2, 0.25) is 0 Å². The van der Waals surface area contributed by atoms with Crippen LogP contribution in [0.5, 0.6) is 0 Å². The van der Waals surface area contributed by atoms with Gasteiger partial charge in [-0.3, -0.25) is 16.3 Å². The summed E-state index contributed by atoms with van der Waals surface area (Å²) in [5.41, 5.74) is 5.96. The number of benzene rings is 1. The summed E-state index contributed by atoms with van der Waals surface area (Å²) >= 11 is 6.15. The van der Waals surface area contributed by atoms with E-state index in [1.165, 1.54) is 0 Å². The maximum atomic E-state index is 6.15. The molecule has 0 saturated heterocycles. The number of hydrogen-bond acceptors (Lipinski definition) is 4. The highest BCUT2D eigenvalue weighted by Gasteiger charge is 2.12. The van der Waals surface area contributed by atoms with Crippen LogP contribution in [0.2, 0.25) is 5.02 Å². The highest BCUT2D eigenvalue weighted by atomic mass is 35.5. The van der Waals surface area contributed by atoms with Gasteiger partial charge >= 0.3 is 0 Å². The van der Waals surface area contributed by atoms with Crippen molar-refractivity contribution in [2.24, 2.45) is 5.84 Å². The van der Waals surface area contributed by atoms with Crippen molar-refractivity contribution in [1.29, 1.82) is 0 Å². The zero-order valence-electron chi connectivity index (χ0n) is 11.4. The van der Waals surface area contributed by atoms with Crippen LogP contribution in [0.4, 0.5) is 0 Å². The van der Waals surface area contributed by atoms with Crippen molar-refractivity contribution in [2.75, 3.05) is 0 Å². The van der Waals surface area contributed by atoms with Crippen molar-refractivity contribution < 1.29 is 0 Å². The summed E-state index contributed by atoms with van der Waals surface area (Å²) in [6, 6.07) is 10.0. The first-order valence-electron chi connectivity index (χ1n) is 6.72. The van der Waals surface area contributed by atoms with Gasteiger partial charge in [0.1, 0.15) is 0 Å². The van der Waals surface area contributed by atoms with Gasteiger partial charge in [-0.05, 0) is 30.2 Å². The number of aromatic nitrogens is 3. The highest BCUT2D eigenvalue weighted by molar-refractivity contribution is 6.31. The van der Waals surface area contributed by atoms with Gasteiger partial charge in [-0.15, -0.1) is 0 Å². The molecule has 0 aliphatic heterocycles. The Bertz CT molecular complexity index is 740. The van der Waals surface area contributed by atoms with Gasteiger partial charge in [0.15, 0.2) is 0 Å². The normalized spacial score (nSPS) is 12.7. The van der Waals surface area contributed by atoms with Gasteiger partial charge in [-0.2, -0.15) is 0 Å². The Hall–Kier alpha value is -1.95. The van der Waals surface area contributed by atoms with E-state index in [1.807, 2.05) is 30.6 Å². The summed E-state index contributed by atoms with van der Waals surface area (Å²) in [5.74, 6) is 5.69. The lowest BCUT2D eigenvalue weighted by Gasteiger charge is -2.17. The fraction of sp³-hybridized carbons (Fsp3) is 0.200. The number of halogens is 1. The van der Waals surface area contributed by atoms with E-state index >= 15 is 0 Å². The van der Waals surface area contributed by atoms with Crippen LogP contribution in [0.15, 0.2) is 49.1 Å². The summed E-state index contributed by atoms with van der Waals surface area (Å²) in [6.45, 7) is 0.718. The standard InChI is InChI=1S/C15H16ClN5/c16-13-8-18-6-5-11(13)7-12(20-17)9-21-10-19-14-3-1-2-4-15(14)21/h1-6,8,10,12,20H,7,9,17H2. The molecule has 0 radical (unpaired) electrons. The molecule has 0 spiro atoms. The van der Waals surface area contributed by atoms with Gasteiger partial charge in [-0.1, -0.05) is 23.7 Å². The molecule has 0 aliphatic rings. The molecule has 0 saturated carbocycles. The molecular formula is C15H16ClN5. The summed E-state index contributed by atoms with van der Waals surface area (Å²) in [5, 5.41) is 0.660. The monoisotopic (exact) mass is 301 g/mol. The number of pyridine rings is 1. The molecule has 2 aromatic heterocycles. The third-order valence-electron chi connectivity index (χ3n) is 3.50. The zero-order valence-corrected chi connectivity index (χ0v) is 12.2. The van der Waals surface area contributed by atoms with Crippen LogP contribution in [0.25, 0.3) is 11.0 Å². The number of fused-ring (bicyclic) bond motifs is 1. The van der Waals surface area contributed by atoms with E-state index in [9.17, 15) is 0 Å². The van der Waals surface area contributed by atoms with Crippen molar-refractivity contribution in [2.45, 2.75) is 19.0 Å². The average Bonchev–Trinajstić information content (AvgIpc) is 2.92. The molecule has 0 aliphatic carbocycles. The predicted molar refractivity (Wildman–Crippen MR) is 83.8 cm³/mol. The van der Waals surface area contributed by atoms with E-state index in [1.54, 1.807) is 12.4 Å². The number of nitrogens with two attached hydrogens (primary N) is 1. The smallest absolute Gasteiger partial charge is 0.0958 e. The van der Waals surface area contributed by atoms with Crippen LogP contribution >= 0.6 is 11.6 Å². The molecular weight excluding hydrogens is 286 g/mol. The lowest BCUT2D eigenvalue weighted by molar-refractivity contribution is 0.460. The first-order valence-corrected chi connectivity index (χ1v) is 7.10. The van der Waals surface area contributed by atoms with Gasteiger partial charge in [0.25, 0.3) is 0 Å². The van der Waals surface area contributed by atoms with Crippen LogP contribution in [0, 0.1) is 0 Å². The number of nitrogens with one attached hydrogen (secondary N) is 1. The molecule has 5 nitrogen and oxygen atoms in total. The first-order chi connectivity index (χ1) is 10.3. The van der Waals surface area contributed by atoms with Crippen LogP contribution in [-0.2, 0) is 13.0 Å². The number of imidazole rings is 1. The fourth-order valence-electron chi connectivity index (χ4n) is 2.40. The van der Waals surface area contributed by atoms with Crippen LogP contribution in [0.3, 0.4) is 0 Å². The van der Waals surface area contributed by atoms with Crippen molar-refractivity contribution >= 4 is 22.6 Å². The lowest BCUT2D eigenvalue weighted by atomic mass is 10.1. The third kappa shape index (κ3) is 3.05. The summed E-state index contributed by atoms with van der Waals surface area (Å²) in [6.07, 6.45) is 5.95. The van der Waals surface area contributed by atoms with E-state index < -0.39 is 0 Å². The molecule has 21 heavy (non-hydrogen) atoms. The largest absolute Gasteiger partial charge is 0.329 e. The summed E-state index contributed by atoms with van der Waals surface area (Å²) in [4.78, 5) is 8.38. The number of hydrazine groups is 1. The second-order valence-electron chi connectivity index (χ2n) is 4.92. The van der Waals surface area contributed by atoms with E-state index in [0.717, 1.165) is 29.6 Å². The minimum atomic E-state index is 0.0579. The van der Waals surface area contributed by atoms with E-state index in [-0.39, 0.29) is 6.04 Å². The van der Waals surface area contributed by atoms with Crippen LogP contribution in [0.1, 0.15) is 5.56 Å². The SMILES string of the molecule is NNC(Cc1ccncc1Cl)Cn1cnc2ccccc21. The minimum Gasteiger partial charge on any atom is -0.329 e. The zero-order chi connectivity index (χ0) is 14.7. The molecule has 0 bridgehead atoms. The quantitative estimate of drug-likeness (QED) is 0.560. The molecule has 3 rings (SSSR count). The Kier molecular flexibility index (Phi) is 4.15. The number of nitrogens with zero attached hydrogens (tertiary/aromatic N) is 3. The van der Waals surface area contributed by atoms with Crippen molar-refractivity contribution in [3.63, 3.8) is 0 Å². The maximum absolute atomic E-state index is 6.15. The van der Waals surface area contributed by atoms with Crippen molar-refractivity contribution in [3.8, 4) is 0 Å². The number of rotatable bonds is 5. The third-order valence-corrected chi connectivity index (χ3v) is 3.84. The molecule has 3 aromatic rings. The second-order valence-corrected chi connectivity index (χ2v) is 5.33. The van der Waals surface area contributed by atoms with Gasteiger partial charge in [0.05, 0.1) is 22.4 Å². The Labute approximate surface area is 127 Å². The Morgan fingerprint density at radius 2 is 2.14 bits per heavy atom. The molecule has 0 amide bonds. The Morgan fingerprint density at radius 1 is 1.29 bits per heavy atom. The number of hydrogen-bond donors (Lipinski definition) is 2. The van der Waals surface area contributed by atoms with E-state index in [4.69, 9.17) is 17.4 Å². The molecule has 6 heteroatoms. The van der Waals surface area contributed by atoms with Crippen molar-refractivity contribution in [1.82, 2.24) is 20.0 Å². The molecule has 1 unspecified atom stereocenters. The number of para-hydroxylation sites is 2. The first kappa shape index (κ1) is 14.0. The minimum absolute atomic E-state index is 0.0579. The fourth-order valence-corrected chi connectivity index (χ4v) is 2.60.